The van der Waals surface area contributed by atoms with Crippen LogP contribution in [0.15, 0.2) is 23.1 Å². The van der Waals surface area contributed by atoms with Crippen LogP contribution in [-0.4, -0.2) is 27.0 Å². The number of alkyl halides is 3. The Bertz CT molecular complexity index is 803. The summed E-state index contributed by atoms with van der Waals surface area (Å²) in [6, 6.07) is 1.90. The van der Waals surface area contributed by atoms with Gasteiger partial charge in [-0.25, -0.2) is 13.1 Å². The van der Waals surface area contributed by atoms with Crippen molar-refractivity contribution in [2.45, 2.75) is 56.6 Å². The first-order valence-corrected chi connectivity index (χ1v) is 10.3. The smallest absolute Gasteiger partial charge is 0.417 e. The highest BCUT2D eigenvalue weighted by atomic mass is 35.5. The number of ether oxygens (including phenoxy) is 1. The molecule has 0 aliphatic heterocycles. The summed E-state index contributed by atoms with van der Waals surface area (Å²) in [5, 5.41) is -0.677. The van der Waals surface area contributed by atoms with E-state index < -0.39 is 38.2 Å². The average Bonchev–Trinajstić information content (AvgIpc) is 2.56. The lowest BCUT2D eigenvalue weighted by Crippen LogP contribution is -2.42. The summed E-state index contributed by atoms with van der Waals surface area (Å²) in [7, 11) is -4.03. The van der Waals surface area contributed by atoms with Gasteiger partial charge in [-0.05, 0) is 57.7 Å². The lowest BCUT2D eigenvalue weighted by molar-refractivity contribution is -0.156. The van der Waals surface area contributed by atoms with Crippen molar-refractivity contribution in [2.24, 2.45) is 5.41 Å². The molecular weight excluding hydrogens is 407 g/mol. The maximum atomic E-state index is 12.8. The van der Waals surface area contributed by atoms with E-state index in [0.29, 0.717) is 31.7 Å². The van der Waals surface area contributed by atoms with Gasteiger partial charge in [-0.2, -0.15) is 13.2 Å². The molecule has 152 valence electrons. The van der Waals surface area contributed by atoms with Gasteiger partial charge in [-0.15, -0.1) is 0 Å². The molecule has 0 aromatic heterocycles. The van der Waals surface area contributed by atoms with Crippen LogP contribution in [0.4, 0.5) is 13.2 Å². The summed E-state index contributed by atoms with van der Waals surface area (Å²) in [5.41, 5.74) is -1.75. The van der Waals surface area contributed by atoms with E-state index in [4.69, 9.17) is 16.3 Å². The molecule has 0 unspecified atom stereocenters. The summed E-state index contributed by atoms with van der Waals surface area (Å²) in [5.74, 6) is -0.305. The molecule has 1 N–H and O–H groups in total. The van der Waals surface area contributed by atoms with Gasteiger partial charge < -0.3 is 4.74 Å². The van der Waals surface area contributed by atoms with Crippen molar-refractivity contribution >= 4 is 27.6 Å². The van der Waals surface area contributed by atoms with E-state index in [2.05, 4.69) is 4.72 Å². The van der Waals surface area contributed by atoms with Crippen molar-refractivity contribution in [3.63, 3.8) is 0 Å². The first-order chi connectivity index (χ1) is 12.4. The lowest BCUT2D eigenvalue weighted by atomic mass is 9.74. The Morgan fingerprint density at radius 1 is 1.33 bits per heavy atom. The second-order valence-electron chi connectivity index (χ2n) is 6.82. The molecule has 1 aliphatic carbocycles. The third kappa shape index (κ3) is 5.14. The molecule has 1 aromatic rings. The summed E-state index contributed by atoms with van der Waals surface area (Å²) in [6.45, 7) is 3.78. The zero-order chi connectivity index (χ0) is 20.5. The normalized spacial score (nSPS) is 23.9. The van der Waals surface area contributed by atoms with E-state index in [1.807, 2.05) is 0 Å². The zero-order valence-electron chi connectivity index (χ0n) is 14.9. The molecule has 0 amide bonds. The summed E-state index contributed by atoms with van der Waals surface area (Å²) in [4.78, 5) is 11.7. The second kappa shape index (κ2) is 7.97. The van der Waals surface area contributed by atoms with Crippen molar-refractivity contribution in [1.29, 1.82) is 0 Å². The first-order valence-electron chi connectivity index (χ1n) is 8.45. The number of esters is 1. The molecule has 0 spiro atoms. The molecule has 0 saturated heterocycles. The minimum Gasteiger partial charge on any atom is -0.466 e. The van der Waals surface area contributed by atoms with Crippen LogP contribution in [0.5, 0.6) is 0 Å². The zero-order valence-corrected chi connectivity index (χ0v) is 16.5. The molecule has 5 nitrogen and oxygen atoms in total. The number of halogens is 4. The largest absolute Gasteiger partial charge is 0.466 e. The molecule has 1 saturated carbocycles. The van der Waals surface area contributed by atoms with Crippen LogP contribution < -0.4 is 4.72 Å². The summed E-state index contributed by atoms with van der Waals surface area (Å²) in [6.07, 6.45) is -2.92. The van der Waals surface area contributed by atoms with Gasteiger partial charge in [0.25, 0.3) is 0 Å². The summed E-state index contributed by atoms with van der Waals surface area (Å²) >= 11 is 5.60. The van der Waals surface area contributed by atoms with Gasteiger partial charge in [0.2, 0.25) is 10.0 Å². The van der Waals surface area contributed by atoms with E-state index in [-0.39, 0.29) is 17.5 Å². The average molecular weight is 428 g/mol. The van der Waals surface area contributed by atoms with Gasteiger partial charge in [0.15, 0.2) is 0 Å². The minimum absolute atomic E-state index is 0.277. The topological polar surface area (TPSA) is 72.5 Å². The van der Waals surface area contributed by atoms with Gasteiger partial charge in [-0.1, -0.05) is 11.6 Å². The fourth-order valence-corrected chi connectivity index (χ4v) is 4.75. The fraction of sp³-hybridized carbons (Fsp3) is 0.588. The van der Waals surface area contributed by atoms with E-state index in [1.165, 1.54) is 0 Å². The van der Waals surface area contributed by atoms with Crippen molar-refractivity contribution < 1.29 is 31.1 Å². The number of sulfonamides is 1. The predicted molar refractivity (Wildman–Crippen MR) is 93.8 cm³/mol. The van der Waals surface area contributed by atoms with Crippen molar-refractivity contribution in [3.05, 3.63) is 28.8 Å². The van der Waals surface area contributed by atoms with Crippen LogP contribution in [0.1, 0.15) is 45.1 Å². The van der Waals surface area contributed by atoms with Crippen molar-refractivity contribution in [3.8, 4) is 0 Å². The maximum Gasteiger partial charge on any atom is 0.417 e. The molecule has 0 radical (unpaired) electrons. The number of hydrogen-bond donors (Lipinski definition) is 1. The van der Waals surface area contributed by atoms with E-state index >= 15 is 0 Å². The molecule has 1 fully saturated rings. The fourth-order valence-electron chi connectivity index (χ4n) is 3.06. The highest BCUT2D eigenvalue weighted by Crippen LogP contribution is 2.38. The number of hydrogen-bond acceptors (Lipinski definition) is 4. The molecule has 0 atom stereocenters. The molecule has 27 heavy (non-hydrogen) atoms. The van der Waals surface area contributed by atoms with Gasteiger partial charge in [0.1, 0.15) is 0 Å². The monoisotopic (exact) mass is 427 g/mol. The molecular formula is C17H21ClF3NO4S. The number of nitrogens with one attached hydrogen (secondary N) is 1. The van der Waals surface area contributed by atoms with Crippen molar-refractivity contribution in [2.75, 3.05) is 6.61 Å². The molecule has 2 rings (SSSR count). The van der Waals surface area contributed by atoms with Crippen LogP contribution in [0.25, 0.3) is 0 Å². The van der Waals surface area contributed by atoms with E-state index in [1.54, 1.807) is 13.8 Å². The van der Waals surface area contributed by atoms with E-state index in [0.717, 1.165) is 12.1 Å². The highest BCUT2D eigenvalue weighted by molar-refractivity contribution is 7.89. The van der Waals surface area contributed by atoms with Gasteiger partial charge in [0, 0.05) is 6.04 Å². The van der Waals surface area contributed by atoms with Gasteiger partial charge in [0.05, 0.1) is 27.5 Å². The van der Waals surface area contributed by atoms with Crippen molar-refractivity contribution in [1.82, 2.24) is 4.72 Å². The minimum atomic E-state index is -4.66. The molecule has 1 aliphatic rings. The van der Waals surface area contributed by atoms with E-state index in [9.17, 15) is 26.4 Å². The standard InChI is InChI=1S/C17H21ClF3NO4S/c1-3-26-15(23)16(2)8-6-11(7-9-16)22-27(24,25)12-4-5-13(14(18)10-12)17(19,20)21/h4-5,10-11,22H,3,6-9H2,1-2H3. The maximum absolute atomic E-state index is 12.8. The number of rotatable bonds is 5. The Balaban J connectivity index is 2.08. The third-order valence-electron chi connectivity index (χ3n) is 4.74. The van der Waals surface area contributed by atoms with Gasteiger partial charge >= 0.3 is 12.1 Å². The highest BCUT2D eigenvalue weighted by Gasteiger charge is 2.40. The quantitative estimate of drug-likeness (QED) is 0.716. The number of benzene rings is 1. The Morgan fingerprint density at radius 3 is 2.41 bits per heavy atom. The second-order valence-corrected chi connectivity index (χ2v) is 8.94. The van der Waals surface area contributed by atoms with Crippen LogP contribution in [0, 0.1) is 5.41 Å². The Hall–Kier alpha value is -1.32. The van der Waals surface area contributed by atoms with Crippen LogP contribution in [0.3, 0.4) is 0 Å². The Kier molecular flexibility index (Phi) is 6.48. The van der Waals surface area contributed by atoms with Crippen LogP contribution >= 0.6 is 11.6 Å². The summed E-state index contributed by atoms with van der Waals surface area (Å²) < 4.78 is 70.7. The predicted octanol–water partition coefficient (Wildman–Crippen LogP) is 4.15. The molecule has 10 heteroatoms. The molecule has 0 heterocycles. The number of carbonyl (C=O) groups excluding carboxylic acids is 1. The SMILES string of the molecule is CCOC(=O)C1(C)CCC(NS(=O)(=O)c2ccc(C(F)(F)F)c(Cl)c2)CC1. The first kappa shape index (κ1) is 22.0. The Morgan fingerprint density at radius 2 is 1.93 bits per heavy atom. The number of carbonyl (C=O) groups is 1. The van der Waals surface area contributed by atoms with Gasteiger partial charge in [-0.3, -0.25) is 4.79 Å². The third-order valence-corrected chi connectivity index (χ3v) is 6.57. The lowest BCUT2D eigenvalue weighted by Gasteiger charge is -2.35. The Labute approximate surface area is 161 Å². The van der Waals surface area contributed by atoms with Crippen LogP contribution in [0.2, 0.25) is 5.02 Å². The molecule has 1 aromatic carbocycles. The molecule has 0 bridgehead atoms. The van der Waals surface area contributed by atoms with Crippen LogP contribution in [-0.2, 0) is 25.7 Å².